The molecule has 4 rings (SSSR count). The summed E-state index contributed by atoms with van der Waals surface area (Å²) in [5.41, 5.74) is 0.164. The van der Waals surface area contributed by atoms with Gasteiger partial charge in [-0.2, -0.15) is 0 Å². The first kappa shape index (κ1) is 17.7. The van der Waals surface area contributed by atoms with Crippen LogP contribution in [0.1, 0.15) is 17.5 Å². The van der Waals surface area contributed by atoms with Crippen LogP contribution in [-0.2, 0) is 35.8 Å². The number of hydrogen-bond donors (Lipinski definition) is 0. The van der Waals surface area contributed by atoms with Gasteiger partial charge in [-0.3, -0.25) is 9.59 Å². The molecule has 2 aromatic carbocycles. The number of fused-ring (bicyclic) bond motifs is 1. The molecule has 0 N–H and O–H groups in total. The zero-order valence-corrected chi connectivity index (χ0v) is 15.2. The Kier molecular flexibility index (Phi) is 4.48. The highest BCUT2D eigenvalue weighted by Crippen LogP contribution is 2.75. The van der Waals surface area contributed by atoms with Gasteiger partial charge in [0.25, 0.3) is 0 Å². The molecule has 0 spiro atoms. The van der Waals surface area contributed by atoms with Crippen molar-refractivity contribution in [1.82, 2.24) is 0 Å². The van der Waals surface area contributed by atoms with E-state index < -0.39 is 22.8 Å². The molecule has 0 unspecified atom stereocenters. The lowest BCUT2D eigenvalue weighted by molar-refractivity contribution is -0.160. The van der Waals surface area contributed by atoms with E-state index in [1.165, 1.54) is 7.11 Å². The van der Waals surface area contributed by atoms with E-state index in [9.17, 15) is 9.59 Å². The standard InChI is InChI=1S/C22H22O5/c1-25-19(23)22-18(15-27-20(22)24)21(22,17-10-6-3-7-11-17)12-13-26-14-16-8-4-2-5-9-16/h2-11,18H,12-15H2,1H3/t18-,21-,22-/m0/s1. The minimum Gasteiger partial charge on any atom is -0.468 e. The van der Waals surface area contributed by atoms with Crippen LogP contribution in [0, 0.1) is 11.3 Å². The smallest absolute Gasteiger partial charge is 0.324 e. The molecule has 1 saturated carbocycles. The molecule has 1 aliphatic carbocycles. The molecule has 5 nitrogen and oxygen atoms in total. The van der Waals surface area contributed by atoms with Gasteiger partial charge in [-0.05, 0) is 17.5 Å². The fourth-order valence-electron chi connectivity index (χ4n) is 4.73. The third-order valence-corrected chi connectivity index (χ3v) is 5.99. The van der Waals surface area contributed by atoms with Crippen LogP contribution < -0.4 is 0 Å². The van der Waals surface area contributed by atoms with E-state index in [1.54, 1.807) is 0 Å². The number of carbonyl (C=O) groups excluding carboxylic acids is 2. The molecule has 3 atom stereocenters. The van der Waals surface area contributed by atoms with Gasteiger partial charge in [0.15, 0.2) is 5.41 Å². The molecule has 1 saturated heterocycles. The topological polar surface area (TPSA) is 61.8 Å². The molecule has 0 amide bonds. The fourth-order valence-corrected chi connectivity index (χ4v) is 4.73. The number of benzene rings is 2. The van der Waals surface area contributed by atoms with Gasteiger partial charge < -0.3 is 14.2 Å². The molecular weight excluding hydrogens is 344 g/mol. The summed E-state index contributed by atoms with van der Waals surface area (Å²) in [7, 11) is 1.32. The molecule has 0 bridgehead atoms. The molecule has 5 heteroatoms. The number of cyclic esters (lactones) is 1. The van der Waals surface area contributed by atoms with Crippen molar-refractivity contribution in [3.8, 4) is 0 Å². The number of hydrogen-bond acceptors (Lipinski definition) is 5. The Hall–Kier alpha value is -2.66. The van der Waals surface area contributed by atoms with Crippen molar-refractivity contribution < 1.29 is 23.8 Å². The number of methoxy groups -OCH3 is 1. The van der Waals surface area contributed by atoms with Gasteiger partial charge >= 0.3 is 11.9 Å². The van der Waals surface area contributed by atoms with E-state index in [0.29, 0.717) is 19.6 Å². The maximum atomic E-state index is 12.7. The van der Waals surface area contributed by atoms with Crippen LogP contribution in [0.4, 0.5) is 0 Å². The minimum atomic E-state index is -1.25. The molecule has 1 aliphatic heterocycles. The third-order valence-electron chi connectivity index (χ3n) is 5.99. The van der Waals surface area contributed by atoms with Crippen LogP contribution in [-0.4, -0.2) is 32.3 Å². The van der Waals surface area contributed by atoms with E-state index >= 15 is 0 Å². The van der Waals surface area contributed by atoms with Gasteiger partial charge in [-0.15, -0.1) is 0 Å². The van der Waals surface area contributed by atoms with Crippen LogP contribution in [0.15, 0.2) is 60.7 Å². The van der Waals surface area contributed by atoms with Crippen LogP contribution >= 0.6 is 0 Å². The second-order valence-electron chi connectivity index (χ2n) is 7.08. The fraction of sp³-hybridized carbons (Fsp3) is 0.364. The second-order valence-corrected chi connectivity index (χ2v) is 7.08. The Balaban J connectivity index is 1.58. The first-order chi connectivity index (χ1) is 13.2. The van der Waals surface area contributed by atoms with E-state index in [2.05, 4.69) is 0 Å². The number of esters is 2. The summed E-state index contributed by atoms with van der Waals surface area (Å²) in [6, 6.07) is 19.6. The van der Waals surface area contributed by atoms with Crippen LogP contribution in [0.2, 0.25) is 0 Å². The van der Waals surface area contributed by atoms with Crippen molar-refractivity contribution in [2.75, 3.05) is 20.3 Å². The lowest BCUT2D eigenvalue weighted by Gasteiger charge is -2.24. The Morgan fingerprint density at radius 3 is 2.44 bits per heavy atom. The zero-order valence-electron chi connectivity index (χ0n) is 15.2. The van der Waals surface area contributed by atoms with Gasteiger partial charge in [-0.1, -0.05) is 60.7 Å². The van der Waals surface area contributed by atoms with Crippen molar-refractivity contribution in [2.45, 2.75) is 18.4 Å². The first-order valence-electron chi connectivity index (χ1n) is 9.10. The van der Waals surface area contributed by atoms with Crippen molar-refractivity contribution in [3.63, 3.8) is 0 Å². The third kappa shape index (κ3) is 2.49. The lowest BCUT2D eigenvalue weighted by atomic mass is 9.82. The highest BCUT2D eigenvalue weighted by Gasteiger charge is 2.89. The van der Waals surface area contributed by atoms with Crippen LogP contribution in [0.3, 0.4) is 0 Å². The van der Waals surface area contributed by atoms with Crippen LogP contribution in [0.25, 0.3) is 0 Å². The van der Waals surface area contributed by atoms with Crippen molar-refractivity contribution in [2.24, 2.45) is 11.3 Å². The maximum absolute atomic E-state index is 12.7. The molecule has 1 heterocycles. The van der Waals surface area contributed by atoms with Crippen molar-refractivity contribution in [3.05, 3.63) is 71.8 Å². The summed E-state index contributed by atoms with van der Waals surface area (Å²) in [4.78, 5) is 25.3. The molecular formula is C22H22O5. The number of carbonyl (C=O) groups is 2. The van der Waals surface area contributed by atoms with E-state index in [1.807, 2.05) is 60.7 Å². The summed E-state index contributed by atoms with van der Waals surface area (Å²) in [5.74, 6) is -1.21. The molecule has 2 aliphatic rings. The molecule has 0 aromatic heterocycles. The average Bonchev–Trinajstić information content (AvgIpc) is 3.17. The average molecular weight is 366 g/mol. The van der Waals surface area contributed by atoms with E-state index in [-0.39, 0.29) is 12.5 Å². The predicted molar refractivity (Wildman–Crippen MR) is 97.7 cm³/mol. The Bertz CT molecular complexity index is 834. The summed E-state index contributed by atoms with van der Waals surface area (Å²) in [6.45, 7) is 1.17. The second kappa shape index (κ2) is 6.82. The summed E-state index contributed by atoms with van der Waals surface area (Å²) in [6.07, 6.45) is 0.554. The minimum absolute atomic E-state index is 0.215. The zero-order chi connectivity index (χ0) is 18.9. The highest BCUT2D eigenvalue weighted by molar-refractivity contribution is 6.09. The van der Waals surface area contributed by atoms with Gasteiger partial charge in [0.2, 0.25) is 0 Å². The summed E-state index contributed by atoms with van der Waals surface area (Å²) >= 11 is 0. The van der Waals surface area contributed by atoms with Crippen LogP contribution in [0.5, 0.6) is 0 Å². The van der Waals surface area contributed by atoms with Gasteiger partial charge in [0.05, 0.1) is 20.3 Å². The normalized spacial score (nSPS) is 28.3. The monoisotopic (exact) mass is 366 g/mol. The molecule has 2 fully saturated rings. The predicted octanol–water partition coefficient (Wildman–Crippen LogP) is 2.88. The van der Waals surface area contributed by atoms with Gasteiger partial charge in [0, 0.05) is 17.9 Å². The largest absolute Gasteiger partial charge is 0.468 e. The van der Waals surface area contributed by atoms with Gasteiger partial charge in [0.1, 0.15) is 0 Å². The number of ether oxygens (including phenoxy) is 3. The lowest BCUT2D eigenvalue weighted by Crippen LogP contribution is -2.36. The van der Waals surface area contributed by atoms with E-state index in [0.717, 1.165) is 11.1 Å². The Morgan fingerprint density at radius 2 is 1.78 bits per heavy atom. The Morgan fingerprint density at radius 1 is 1.11 bits per heavy atom. The highest BCUT2D eigenvalue weighted by atomic mass is 16.6. The van der Waals surface area contributed by atoms with Crippen molar-refractivity contribution >= 4 is 11.9 Å². The summed E-state index contributed by atoms with van der Waals surface area (Å²) in [5, 5.41) is 0. The quantitative estimate of drug-likeness (QED) is 0.428. The first-order valence-corrected chi connectivity index (χ1v) is 9.10. The molecule has 2 aromatic rings. The van der Waals surface area contributed by atoms with Gasteiger partial charge in [-0.25, -0.2) is 0 Å². The molecule has 140 valence electrons. The maximum Gasteiger partial charge on any atom is 0.324 e. The summed E-state index contributed by atoms with van der Waals surface area (Å²) < 4.78 is 16.1. The van der Waals surface area contributed by atoms with Crippen molar-refractivity contribution in [1.29, 1.82) is 0 Å². The molecule has 27 heavy (non-hydrogen) atoms. The SMILES string of the molecule is COC(=O)[C@]12C(=O)OC[C@H]1[C@]2(CCOCc1ccccc1)c1ccccc1. The number of rotatable bonds is 7. The molecule has 0 radical (unpaired) electrons. The Labute approximate surface area is 158 Å². The van der Waals surface area contributed by atoms with E-state index in [4.69, 9.17) is 14.2 Å².